The van der Waals surface area contributed by atoms with Gasteiger partial charge in [-0.3, -0.25) is 4.99 Å². The third kappa shape index (κ3) is 6.10. The molecule has 0 aliphatic rings. The van der Waals surface area contributed by atoms with Crippen molar-refractivity contribution < 1.29 is 9.26 Å². The van der Waals surface area contributed by atoms with E-state index < -0.39 is 0 Å². The first-order chi connectivity index (χ1) is 12.1. The van der Waals surface area contributed by atoms with Crippen molar-refractivity contribution in [1.82, 2.24) is 20.8 Å². The van der Waals surface area contributed by atoms with Gasteiger partial charge in [0.25, 0.3) is 0 Å². The van der Waals surface area contributed by atoms with Crippen LogP contribution in [0, 0.1) is 0 Å². The van der Waals surface area contributed by atoms with E-state index in [0.717, 1.165) is 30.5 Å². The van der Waals surface area contributed by atoms with Crippen LogP contribution in [0.4, 0.5) is 0 Å². The Labute approximate surface area is 148 Å². The molecule has 7 heteroatoms. The van der Waals surface area contributed by atoms with Gasteiger partial charge in [0.15, 0.2) is 11.8 Å². The lowest BCUT2D eigenvalue weighted by atomic mass is 10.1. The lowest BCUT2D eigenvalue weighted by Crippen LogP contribution is -2.39. The van der Waals surface area contributed by atoms with Gasteiger partial charge in [0.2, 0.25) is 5.89 Å². The Hall–Kier alpha value is -2.57. The number of guanidine groups is 1. The average Bonchev–Trinajstić information content (AvgIpc) is 3.10. The summed E-state index contributed by atoms with van der Waals surface area (Å²) in [6.07, 6.45) is 1.57. The molecule has 25 heavy (non-hydrogen) atoms. The second-order valence-electron chi connectivity index (χ2n) is 5.97. The maximum atomic E-state index is 5.23. The molecule has 1 aromatic heterocycles. The van der Waals surface area contributed by atoms with Gasteiger partial charge in [0.1, 0.15) is 5.75 Å². The molecule has 0 fully saturated rings. The van der Waals surface area contributed by atoms with Gasteiger partial charge in [-0.05, 0) is 24.1 Å². The van der Waals surface area contributed by atoms with Crippen molar-refractivity contribution in [3.63, 3.8) is 0 Å². The summed E-state index contributed by atoms with van der Waals surface area (Å²) < 4.78 is 10.4. The van der Waals surface area contributed by atoms with Crippen LogP contribution < -0.4 is 15.4 Å². The number of rotatable bonds is 8. The van der Waals surface area contributed by atoms with Crippen molar-refractivity contribution in [2.24, 2.45) is 4.99 Å². The molecule has 2 rings (SSSR count). The van der Waals surface area contributed by atoms with E-state index in [0.29, 0.717) is 18.9 Å². The predicted octanol–water partition coefficient (Wildman–Crippen LogP) is 2.15. The van der Waals surface area contributed by atoms with Crippen LogP contribution in [0.5, 0.6) is 5.75 Å². The summed E-state index contributed by atoms with van der Waals surface area (Å²) in [5.74, 6) is 3.30. The van der Waals surface area contributed by atoms with Gasteiger partial charge in [-0.1, -0.05) is 31.1 Å². The SMILES string of the molecule is CN=C(NCCc1ccc(OC)cc1)NCCc1nc(C(C)C)no1. The van der Waals surface area contributed by atoms with Crippen LogP contribution in [0.1, 0.15) is 37.0 Å². The number of aromatic nitrogens is 2. The number of nitrogens with one attached hydrogen (secondary N) is 2. The molecule has 0 saturated heterocycles. The third-order valence-electron chi connectivity index (χ3n) is 3.72. The number of ether oxygens (including phenoxy) is 1. The highest BCUT2D eigenvalue weighted by molar-refractivity contribution is 5.79. The molecular formula is C18H27N5O2. The summed E-state index contributed by atoms with van der Waals surface area (Å²) in [4.78, 5) is 8.58. The molecule has 1 heterocycles. The maximum Gasteiger partial charge on any atom is 0.228 e. The monoisotopic (exact) mass is 345 g/mol. The Bertz CT molecular complexity index is 664. The molecule has 7 nitrogen and oxygen atoms in total. The Balaban J connectivity index is 1.69. The predicted molar refractivity (Wildman–Crippen MR) is 98.2 cm³/mol. The van der Waals surface area contributed by atoms with E-state index in [9.17, 15) is 0 Å². The van der Waals surface area contributed by atoms with Gasteiger partial charge in [0.05, 0.1) is 7.11 Å². The number of hydrogen-bond acceptors (Lipinski definition) is 5. The van der Waals surface area contributed by atoms with Crippen LogP contribution in [-0.2, 0) is 12.8 Å². The van der Waals surface area contributed by atoms with Gasteiger partial charge in [-0.25, -0.2) is 0 Å². The minimum absolute atomic E-state index is 0.276. The number of nitrogens with zero attached hydrogens (tertiary/aromatic N) is 3. The van der Waals surface area contributed by atoms with E-state index in [1.807, 2.05) is 26.0 Å². The lowest BCUT2D eigenvalue weighted by Gasteiger charge is -2.11. The Kier molecular flexibility index (Phi) is 7.25. The summed E-state index contributed by atoms with van der Waals surface area (Å²) in [6, 6.07) is 8.08. The molecular weight excluding hydrogens is 318 g/mol. The second kappa shape index (κ2) is 9.66. The molecule has 0 spiro atoms. The van der Waals surface area contributed by atoms with Crippen LogP contribution in [0.2, 0.25) is 0 Å². The highest BCUT2D eigenvalue weighted by Crippen LogP contribution is 2.11. The average molecular weight is 345 g/mol. The molecule has 0 aliphatic heterocycles. The minimum Gasteiger partial charge on any atom is -0.497 e. The first-order valence-corrected chi connectivity index (χ1v) is 8.52. The maximum absolute atomic E-state index is 5.23. The van der Waals surface area contributed by atoms with Crippen LogP contribution in [0.25, 0.3) is 0 Å². The Morgan fingerprint density at radius 2 is 1.84 bits per heavy atom. The number of methoxy groups -OCH3 is 1. The second-order valence-corrected chi connectivity index (χ2v) is 5.97. The normalized spacial score (nSPS) is 11.6. The molecule has 136 valence electrons. The van der Waals surface area contributed by atoms with E-state index in [1.165, 1.54) is 5.56 Å². The van der Waals surface area contributed by atoms with Crippen molar-refractivity contribution in [3.8, 4) is 5.75 Å². The molecule has 0 saturated carbocycles. The summed E-state index contributed by atoms with van der Waals surface area (Å²) in [5, 5.41) is 10.5. The van der Waals surface area contributed by atoms with E-state index in [2.05, 4.69) is 37.9 Å². The van der Waals surface area contributed by atoms with E-state index in [1.54, 1.807) is 14.2 Å². The van der Waals surface area contributed by atoms with Gasteiger partial charge >= 0.3 is 0 Å². The van der Waals surface area contributed by atoms with Gasteiger partial charge in [-0.15, -0.1) is 0 Å². The molecule has 0 radical (unpaired) electrons. The molecule has 0 aliphatic carbocycles. The zero-order chi connectivity index (χ0) is 18.1. The van der Waals surface area contributed by atoms with E-state index in [4.69, 9.17) is 9.26 Å². The van der Waals surface area contributed by atoms with Gasteiger partial charge < -0.3 is 19.9 Å². The molecule has 0 unspecified atom stereocenters. The number of hydrogen-bond donors (Lipinski definition) is 2. The van der Waals surface area contributed by atoms with Crippen molar-refractivity contribution in [2.75, 3.05) is 27.2 Å². The van der Waals surface area contributed by atoms with Crippen molar-refractivity contribution in [3.05, 3.63) is 41.5 Å². The Morgan fingerprint density at radius 3 is 2.40 bits per heavy atom. The minimum atomic E-state index is 0.276. The molecule has 0 atom stereocenters. The first-order valence-electron chi connectivity index (χ1n) is 8.52. The fourth-order valence-corrected chi connectivity index (χ4v) is 2.23. The molecule has 1 aromatic carbocycles. The summed E-state index contributed by atoms with van der Waals surface area (Å²) in [5.41, 5.74) is 1.25. The number of aliphatic imine (C=N–C) groups is 1. The third-order valence-corrected chi connectivity index (χ3v) is 3.72. The fourth-order valence-electron chi connectivity index (χ4n) is 2.23. The molecule has 0 bridgehead atoms. The summed E-state index contributed by atoms with van der Waals surface area (Å²) in [7, 11) is 3.43. The Morgan fingerprint density at radius 1 is 1.16 bits per heavy atom. The fraction of sp³-hybridized carbons (Fsp3) is 0.500. The molecule has 2 N–H and O–H groups in total. The van der Waals surface area contributed by atoms with E-state index in [-0.39, 0.29) is 5.92 Å². The lowest BCUT2D eigenvalue weighted by molar-refractivity contribution is 0.371. The molecule has 0 amide bonds. The topological polar surface area (TPSA) is 84.6 Å². The van der Waals surface area contributed by atoms with Crippen LogP contribution >= 0.6 is 0 Å². The highest BCUT2D eigenvalue weighted by atomic mass is 16.5. The summed E-state index contributed by atoms with van der Waals surface area (Å²) >= 11 is 0. The summed E-state index contributed by atoms with van der Waals surface area (Å²) in [6.45, 7) is 5.56. The van der Waals surface area contributed by atoms with Crippen molar-refractivity contribution >= 4 is 5.96 Å². The number of benzene rings is 1. The van der Waals surface area contributed by atoms with Gasteiger partial charge in [-0.2, -0.15) is 4.98 Å². The van der Waals surface area contributed by atoms with Crippen LogP contribution in [0.15, 0.2) is 33.8 Å². The quantitative estimate of drug-likeness (QED) is 0.563. The standard InChI is InChI=1S/C18H27N5O2/c1-13(2)17-22-16(25-23-17)10-12-21-18(19-3)20-11-9-14-5-7-15(24-4)8-6-14/h5-8,13H,9-12H2,1-4H3,(H2,19,20,21). The van der Waals surface area contributed by atoms with E-state index >= 15 is 0 Å². The van der Waals surface area contributed by atoms with Gasteiger partial charge in [0, 0.05) is 32.5 Å². The van der Waals surface area contributed by atoms with Crippen molar-refractivity contribution in [2.45, 2.75) is 32.6 Å². The highest BCUT2D eigenvalue weighted by Gasteiger charge is 2.09. The van der Waals surface area contributed by atoms with Crippen LogP contribution in [0.3, 0.4) is 0 Å². The van der Waals surface area contributed by atoms with Crippen LogP contribution in [-0.4, -0.2) is 43.3 Å². The zero-order valence-electron chi connectivity index (χ0n) is 15.4. The zero-order valence-corrected chi connectivity index (χ0v) is 15.4. The largest absolute Gasteiger partial charge is 0.497 e. The molecule has 2 aromatic rings. The smallest absolute Gasteiger partial charge is 0.228 e. The first kappa shape index (κ1) is 18.8. The van der Waals surface area contributed by atoms with Crippen molar-refractivity contribution in [1.29, 1.82) is 0 Å².